The average Bonchev–Trinajstić information content (AvgIpc) is 3.71. The summed E-state index contributed by atoms with van der Waals surface area (Å²) in [6.07, 6.45) is 5.31. The summed E-state index contributed by atoms with van der Waals surface area (Å²) in [6.45, 7) is 12.3. The van der Waals surface area contributed by atoms with Gasteiger partial charge in [0.25, 0.3) is 0 Å². The number of nitrogens with zero attached hydrogens (tertiary/aromatic N) is 6. The lowest BCUT2D eigenvalue weighted by Gasteiger charge is -2.32. The molecule has 0 saturated carbocycles. The molecule has 7 rings (SSSR count). The smallest absolute Gasteiger partial charge is 0.399 e. The van der Waals surface area contributed by atoms with Gasteiger partial charge in [-0.3, -0.25) is 0 Å². The third-order valence-electron chi connectivity index (χ3n) is 8.53. The lowest BCUT2D eigenvalue weighted by Crippen LogP contribution is -2.41. The molecule has 1 saturated heterocycles. The van der Waals surface area contributed by atoms with Crippen LogP contribution in [0.4, 0.5) is 0 Å². The summed E-state index contributed by atoms with van der Waals surface area (Å²) >= 11 is 16.2. The average molecular weight is 720 g/mol. The highest BCUT2D eigenvalue weighted by Gasteiger charge is 2.51. The molecule has 5 heterocycles. The van der Waals surface area contributed by atoms with Gasteiger partial charge >= 0.3 is 7.12 Å². The van der Waals surface area contributed by atoms with Crippen LogP contribution in [0, 0.1) is 0 Å². The van der Waals surface area contributed by atoms with Crippen molar-refractivity contribution in [3.05, 3.63) is 99.0 Å². The van der Waals surface area contributed by atoms with E-state index in [1.54, 1.807) is 12.4 Å². The van der Waals surface area contributed by atoms with Gasteiger partial charge in [0.1, 0.15) is 0 Å². The van der Waals surface area contributed by atoms with Crippen LogP contribution < -0.4 is 5.46 Å². The molecule has 0 spiro atoms. The molecule has 0 amide bonds. The van der Waals surface area contributed by atoms with Crippen LogP contribution in [0.3, 0.4) is 0 Å². The minimum Gasteiger partial charge on any atom is -0.399 e. The Labute approximate surface area is 287 Å². The van der Waals surface area contributed by atoms with Crippen molar-refractivity contribution in [1.29, 1.82) is 0 Å². The summed E-state index contributed by atoms with van der Waals surface area (Å²) < 4.78 is 16.9. The molecule has 236 valence electrons. The van der Waals surface area contributed by atoms with Crippen molar-refractivity contribution in [3.8, 4) is 11.6 Å². The molecular weight excluding hydrogens is 686 g/mol. The SMILES string of the molecule is CCc1cccc(-n2ncc3c(Cl)cc(B4OC(C)(C)C(C)(C)O4)cc32)n1.CCc1cccc(-n2ncc3c(Cl)cc(Br)cc32)n1. The van der Waals surface area contributed by atoms with E-state index in [0.717, 1.165) is 67.6 Å². The van der Waals surface area contributed by atoms with E-state index >= 15 is 0 Å². The standard InChI is InChI=1S/C20H23BClN3O2.C14H11BrClN3/c1-6-14-8-7-9-18(24-14)25-17-11-13(10-16(22)15(17)12-23-25)21-26-19(2,3)20(4,5)27-21;1-2-10-4-3-5-14(18-10)19-13-7-9(15)6-12(16)11(13)8-17-19/h7-12H,6H2,1-5H3;3-8H,2H2,1H3. The number of pyridine rings is 2. The highest BCUT2D eigenvalue weighted by molar-refractivity contribution is 9.10. The predicted octanol–water partition coefficient (Wildman–Crippen LogP) is 8.33. The summed E-state index contributed by atoms with van der Waals surface area (Å²) in [7, 11) is -0.477. The van der Waals surface area contributed by atoms with Crippen LogP contribution in [-0.2, 0) is 22.2 Å². The zero-order valence-electron chi connectivity index (χ0n) is 26.6. The second-order valence-electron chi connectivity index (χ2n) is 12.1. The quantitative estimate of drug-likeness (QED) is 0.167. The fourth-order valence-corrected chi connectivity index (χ4v) is 6.31. The van der Waals surface area contributed by atoms with Gasteiger partial charge in [-0.05, 0) is 94.5 Å². The lowest BCUT2D eigenvalue weighted by atomic mass is 9.79. The third-order valence-corrected chi connectivity index (χ3v) is 9.61. The van der Waals surface area contributed by atoms with E-state index in [1.807, 2.05) is 97.7 Å². The van der Waals surface area contributed by atoms with Crippen LogP contribution in [0.1, 0.15) is 52.9 Å². The van der Waals surface area contributed by atoms with Crippen molar-refractivity contribution in [2.24, 2.45) is 0 Å². The van der Waals surface area contributed by atoms with E-state index < -0.39 is 18.3 Å². The molecule has 8 nitrogen and oxygen atoms in total. The van der Waals surface area contributed by atoms with E-state index in [-0.39, 0.29) is 0 Å². The Balaban J connectivity index is 0.000000172. The summed E-state index contributed by atoms with van der Waals surface area (Å²) in [6, 6.07) is 19.7. The third kappa shape index (κ3) is 6.21. The van der Waals surface area contributed by atoms with Crippen LogP contribution >= 0.6 is 39.1 Å². The van der Waals surface area contributed by atoms with E-state index in [0.29, 0.717) is 10.0 Å². The number of aryl methyl sites for hydroxylation is 2. The maximum Gasteiger partial charge on any atom is 0.494 e. The van der Waals surface area contributed by atoms with Crippen LogP contribution in [0.15, 0.2) is 77.5 Å². The number of fused-ring (bicyclic) bond motifs is 2. The Hall–Kier alpha value is -3.28. The van der Waals surface area contributed by atoms with Crippen LogP contribution in [0.25, 0.3) is 33.4 Å². The summed E-state index contributed by atoms with van der Waals surface area (Å²) in [5.74, 6) is 1.58. The molecule has 0 radical (unpaired) electrons. The first kappa shape index (κ1) is 32.7. The van der Waals surface area contributed by atoms with Gasteiger partial charge in [-0.1, -0.05) is 65.1 Å². The van der Waals surface area contributed by atoms with E-state index in [2.05, 4.69) is 49.9 Å². The van der Waals surface area contributed by atoms with Crippen molar-refractivity contribution in [2.45, 2.75) is 65.6 Å². The number of halogens is 3. The summed E-state index contributed by atoms with van der Waals surface area (Å²) in [5, 5.41) is 12.0. The van der Waals surface area contributed by atoms with Crippen molar-refractivity contribution in [3.63, 3.8) is 0 Å². The van der Waals surface area contributed by atoms with Gasteiger partial charge in [0.2, 0.25) is 0 Å². The largest absolute Gasteiger partial charge is 0.494 e. The minimum absolute atomic E-state index is 0.406. The van der Waals surface area contributed by atoms with Gasteiger partial charge in [0.15, 0.2) is 11.6 Å². The Morgan fingerprint density at radius 1 is 0.717 bits per heavy atom. The Kier molecular flexibility index (Phi) is 9.04. The molecule has 12 heteroatoms. The number of aromatic nitrogens is 6. The summed E-state index contributed by atoms with van der Waals surface area (Å²) in [4.78, 5) is 9.27. The molecule has 4 aromatic heterocycles. The first-order valence-corrected chi connectivity index (χ1v) is 16.7. The van der Waals surface area contributed by atoms with Crippen molar-refractivity contribution < 1.29 is 9.31 Å². The highest BCUT2D eigenvalue weighted by atomic mass is 79.9. The fourth-order valence-electron chi connectivity index (χ4n) is 5.20. The van der Waals surface area contributed by atoms with Gasteiger partial charge < -0.3 is 9.31 Å². The monoisotopic (exact) mass is 718 g/mol. The molecule has 0 atom stereocenters. The van der Waals surface area contributed by atoms with Gasteiger partial charge in [-0.2, -0.15) is 10.2 Å². The Bertz CT molecular complexity index is 2050. The van der Waals surface area contributed by atoms with E-state index in [1.165, 1.54) is 0 Å². The number of rotatable bonds is 5. The van der Waals surface area contributed by atoms with Crippen molar-refractivity contribution in [1.82, 2.24) is 29.5 Å². The predicted molar refractivity (Wildman–Crippen MR) is 190 cm³/mol. The molecule has 0 unspecified atom stereocenters. The van der Waals surface area contributed by atoms with E-state index in [4.69, 9.17) is 32.5 Å². The molecular formula is C34H34BBrCl2N6O2. The number of hydrogen-bond donors (Lipinski definition) is 0. The van der Waals surface area contributed by atoms with Gasteiger partial charge in [-0.25, -0.2) is 19.3 Å². The molecule has 0 bridgehead atoms. The number of benzene rings is 2. The number of hydrogen-bond acceptors (Lipinski definition) is 6. The molecule has 6 aromatic rings. The molecule has 1 aliphatic heterocycles. The highest BCUT2D eigenvalue weighted by Crippen LogP contribution is 2.37. The van der Waals surface area contributed by atoms with Gasteiger partial charge in [-0.15, -0.1) is 0 Å². The summed E-state index contributed by atoms with van der Waals surface area (Å²) in [5.41, 5.74) is 3.95. The maximum atomic E-state index is 6.56. The Morgan fingerprint density at radius 3 is 1.70 bits per heavy atom. The molecule has 2 aromatic carbocycles. The van der Waals surface area contributed by atoms with Crippen LogP contribution in [0.5, 0.6) is 0 Å². The molecule has 1 aliphatic rings. The second kappa shape index (κ2) is 12.7. The Morgan fingerprint density at radius 2 is 1.20 bits per heavy atom. The van der Waals surface area contributed by atoms with Crippen LogP contribution in [0.2, 0.25) is 10.0 Å². The normalized spacial score (nSPS) is 15.4. The molecule has 46 heavy (non-hydrogen) atoms. The maximum absolute atomic E-state index is 6.56. The topological polar surface area (TPSA) is 79.9 Å². The second-order valence-corrected chi connectivity index (χ2v) is 13.9. The first-order valence-electron chi connectivity index (χ1n) is 15.2. The fraction of sp³-hybridized carbons (Fsp3) is 0.294. The van der Waals surface area contributed by atoms with Gasteiger partial charge in [0.05, 0.1) is 44.7 Å². The zero-order valence-corrected chi connectivity index (χ0v) is 29.7. The van der Waals surface area contributed by atoms with E-state index in [9.17, 15) is 0 Å². The minimum atomic E-state index is -0.477. The van der Waals surface area contributed by atoms with Gasteiger partial charge in [0, 0.05) is 26.6 Å². The molecule has 0 aliphatic carbocycles. The van der Waals surface area contributed by atoms with Crippen molar-refractivity contribution in [2.75, 3.05) is 0 Å². The molecule has 0 N–H and O–H groups in total. The molecule has 1 fully saturated rings. The lowest BCUT2D eigenvalue weighted by molar-refractivity contribution is 0.00578. The van der Waals surface area contributed by atoms with Crippen LogP contribution in [-0.4, -0.2) is 47.8 Å². The first-order chi connectivity index (χ1) is 21.9. The van der Waals surface area contributed by atoms with Crippen molar-refractivity contribution >= 4 is 73.5 Å². The zero-order chi connectivity index (χ0) is 32.8.